The van der Waals surface area contributed by atoms with Crippen molar-refractivity contribution in [1.82, 2.24) is 5.32 Å². The zero-order valence-corrected chi connectivity index (χ0v) is 14.8. The van der Waals surface area contributed by atoms with Crippen molar-refractivity contribution in [3.63, 3.8) is 0 Å². The van der Waals surface area contributed by atoms with Crippen molar-refractivity contribution >= 4 is 11.9 Å². The molecule has 0 aliphatic heterocycles. The first-order chi connectivity index (χ1) is 10.8. The highest BCUT2D eigenvalue weighted by Crippen LogP contribution is 2.27. The van der Waals surface area contributed by atoms with Gasteiger partial charge < -0.3 is 14.8 Å². The molecule has 128 valence electrons. The smallest absolute Gasteiger partial charge is 0.328 e. The standard InChI is InChI=1S/C18H27NO4/c1-11(2)14-8-7-13(5)9-15(14)23-10-16(20)19-17(12(3)4)18(21)22-6/h7-9,11-12,17H,10H2,1-6H3,(H,19,20). The number of nitrogens with one attached hydrogen (secondary N) is 1. The number of hydrogen-bond acceptors (Lipinski definition) is 4. The van der Waals surface area contributed by atoms with Crippen molar-refractivity contribution in [3.05, 3.63) is 29.3 Å². The molecule has 0 aliphatic rings. The molecule has 1 N–H and O–H groups in total. The van der Waals surface area contributed by atoms with Crippen LogP contribution in [0.1, 0.15) is 44.7 Å². The Hall–Kier alpha value is -2.04. The summed E-state index contributed by atoms with van der Waals surface area (Å²) in [4.78, 5) is 23.7. The highest BCUT2D eigenvalue weighted by molar-refractivity contribution is 5.85. The van der Waals surface area contributed by atoms with Crippen LogP contribution in [-0.2, 0) is 14.3 Å². The molecule has 1 rings (SSSR count). The van der Waals surface area contributed by atoms with Gasteiger partial charge in [-0.3, -0.25) is 4.79 Å². The van der Waals surface area contributed by atoms with E-state index >= 15 is 0 Å². The van der Waals surface area contributed by atoms with Gasteiger partial charge in [0, 0.05) is 0 Å². The summed E-state index contributed by atoms with van der Waals surface area (Å²) in [6.45, 7) is 9.68. The molecule has 0 fully saturated rings. The molecule has 5 nitrogen and oxygen atoms in total. The van der Waals surface area contributed by atoms with Gasteiger partial charge in [0.2, 0.25) is 0 Å². The van der Waals surface area contributed by atoms with Crippen LogP contribution in [0.5, 0.6) is 5.75 Å². The summed E-state index contributed by atoms with van der Waals surface area (Å²) >= 11 is 0. The minimum Gasteiger partial charge on any atom is -0.483 e. The average Bonchev–Trinajstić information content (AvgIpc) is 2.49. The number of aryl methyl sites for hydroxylation is 1. The van der Waals surface area contributed by atoms with E-state index in [1.807, 2.05) is 39.0 Å². The number of rotatable bonds is 7. The molecule has 0 aromatic heterocycles. The molecule has 0 spiro atoms. The third kappa shape index (κ3) is 5.58. The van der Waals surface area contributed by atoms with E-state index in [2.05, 4.69) is 19.2 Å². The molecular formula is C18H27NO4. The van der Waals surface area contributed by atoms with Crippen LogP contribution in [0.15, 0.2) is 18.2 Å². The van der Waals surface area contributed by atoms with Crippen LogP contribution in [0.4, 0.5) is 0 Å². The second-order valence-electron chi connectivity index (χ2n) is 6.30. The molecular weight excluding hydrogens is 294 g/mol. The zero-order chi connectivity index (χ0) is 17.6. The molecule has 0 aliphatic carbocycles. The Labute approximate surface area is 138 Å². The van der Waals surface area contributed by atoms with Gasteiger partial charge in [0.15, 0.2) is 6.61 Å². The summed E-state index contributed by atoms with van der Waals surface area (Å²) in [5.74, 6) is 0.148. The minimum absolute atomic E-state index is 0.0587. The Morgan fingerprint density at radius 2 is 1.83 bits per heavy atom. The largest absolute Gasteiger partial charge is 0.483 e. The van der Waals surface area contributed by atoms with E-state index in [-0.39, 0.29) is 18.4 Å². The monoisotopic (exact) mass is 321 g/mol. The van der Waals surface area contributed by atoms with Crippen LogP contribution >= 0.6 is 0 Å². The van der Waals surface area contributed by atoms with Crippen molar-refractivity contribution in [2.75, 3.05) is 13.7 Å². The van der Waals surface area contributed by atoms with E-state index < -0.39 is 12.0 Å². The lowest BCUT2D eigenvalue weighted by Crippen LogP contribution is -2.46. The minimum atomic E-state index is -0.668. The number of amides is 1. The summed E-state index contributed by atoms with van der Waals surface area (Å²) < 4.78 is 10.4. The lowest BCUT2D eigenvalue weighted by atomic mass is 10.0. The van der Waals surface area contributed by atoms with E-state index in [1.165, 1.54) is 7.11 Å². The van der Waals surface area contributed by atoms with Crippen molar-refractivity contribution in [1.29, 1.82) is 0 Å². The van der Waals surface area contributed by atoms with Crippen LogP contribution in [0.3, 0.4) is 0 Å². The Bertz CT molecular complexity index is 552. The van der Waals surface area contributed by atoms with Gasteiger partial charge in [0.1, 0.15) is 11.8 Å². The summed E-state index contributed by atoms with van der Waals surface area (Å²) in [6, 6.07) is 5.29. The topological polar surface area (TPSA) is 64.6 Å². The molecule has 1 atom stereocenters. The summed E-state index contributed by atoms with van der Waals surface area (Å²) in [7, 11) is 1.31. The fraction of sp³-hybridized carbons (Fsp3) is 0.556. The van der Waals surface area contributed by atoms with Crippen LogP contribution < -0.4 is 10.1 Å². The van der Waals surface area contributed by atoms with E-state index in [0.29, 0.717) is 11.7 Å². The molecule has 1 amide bonds. The molecule has 1 aromatic rings. The number of esters is 1. The zero-order valence-electron chi connectivity index (χ0n) is 14.8. The first-order valence-electron chi connectivity index (χ1n) is 7.86. The van der Waals surface area contributed by atoms with E-state index in [9.17, 15) is 9.59 Å². The molecule has 23 heavy (non-hydrogen) atoms. The average molecular weight is 321 g/mol. The molecule has 1 aromatic carbocycles. The van der Waals surface area contributed by atoms with Crippen LogP contribution in [0, 0.1) is 12.8 Å². The highest BCUT2D eigenvalue weighted by atomic mass is 16.5. The van der Waals surface area contributed by atoms with Crippen molar-refractivity contribution < 1.29 is 19.1 Å². The predicted octanol–water partition coefficient (Wildman–Crippen LogP) is 2.81. The molecule has 0 radical (unpaired) electrons. The van der Waals surface area contributed by atoms with Gasteiger partial charge in [-0.05, 0) is 36.0 Å². The normalized spacial score (nSPS) is 12.2. The van der Waals surface area contributed by atoms with E-state index in [1.54, 1.807) is 0 Å². The van der Waals surface area contributed by atoms with Gasteiger partial charge in [0.05, 0.1) is 7.11 Å². The number of hydrogen-bond donors (Lipinski definition) is 1. The maximum absolute atomic E-state index is 12.1. The summed E-state index contributed by atoms with van der Waals surface area (Å²) in [5, 5.41) is 2.66. The van der Waals surface area contributed by atoms with Crippen molar-refractivity contribution in [2.45, 2.75) is 46.6 Å². The second kappa shape index (κ2) is 8.56. The Kier molecular flexibility index (Phi) is 7.07. The van der Waals surface area contributed by atoms with E-state index in [0.717, 1.165) is 11.1 Å². The summed E-state index contributed by atoms with van der Waals surface area (Å²) in [6.07, 6.45) is 0. The fourth-order valence-electron chi connectivity index (χ4n) is 2.23. The lowest BCUT2D eigenvalue weighted by Gasteiger charge is -2.20. The van der Waals surface area contributed by atoms with Gasteiger partial charge in [-0.2, -0.15) is 0 Å². The Balaban J connectivity index is 2.73. The number of methoxy groups -OCH3 is 1. The maximum Gasteiger partial charge on any atom is 0.328 e. The number of carbonyl (C=O) groups is 2. The van der Waals surface area contributed by atoms with Gasteiger partial charge in [0.25, 0.3) is 5.91 Å². The number of carbonyl (C=O) groups excluding carboxylic acids is 2. The van der Waals surface area contributed by atoms with Gasteiger partial charge >= 0.3 is 5.97 Å². The maximum atomic E-state index is 12.1. The van der Waals surface area contributed by atoms with Crippen LogP contribution in [0.25, 0.3) is 0 Å². The Morgan fingerprint density at radius 3 is 2.35 bits per heavy atom. The first kappa shape index (κ1) is 19.0. The van der Waals surface area contributed by atoms with Crippen molar-refractivity contribution in [2.24, 2.45) is 5.92 Å². The molecule has 5 heteroatoms. The lowest BCUT2D eigenvalue weighted by molar-refractivity contribution is -0.146. The Morgan fingerprint density at radius 1 is 1.17 bits per heavy atom. The van der Waals surface area contributed by atoms with Crippen LogP contribution in [-0.4, -0.2) is 31.6 Å². The first-order valence-corrected chi connectivity index (χ1v) is 7.86. The summed E-state index contributed by atoms with van der Waals surface area (Å²) in [5.41, 5.74) is 2.12. The highest BCUT2D eigenvalue weighted by Gasteiger charge is 2.25. The fourth-order valence-corrected chi connectivity index (χ4v) is 2.23. The third-order valence-electron chi connectivity index (χ3n) is 3.59. The molecule has 0 heterocycles. The molecule has 0 saturated carbocycles. The van der Waals surface area contributed by atoms with Gasteiger partial charge in [-0.15, -0.1) is 0 Å². The van der Waals surface area contributed by atoms with Crippen LogP contribution in [0.2, 0.25) is 0 Å². The van der Waals surface area contributed by atoms with Gasteiger partial charge in [-0.25, -0.2) is 4.79 Å². The second-order valence-corrected chi connectivity index (χ2v) is 6.30. The molecule has 0 bridgehead atoms. The molecule has 0 saturated heterocycles. The number of ether oxygens (including phenoxy) is 2. The predicted molar refractivity (Wildman–Crippen MR) is 89.5 cm³/mol. The quantitative estimate of drug-likeness (QED) is 0.784. The number of benzene rings is 1. The van der Waals surface area contributed by atoms with Crippen molar-refractivity contribution in [3.8, 4) is 5.75 Å². The third-order valence-corrected chi connectivity index (χ3v) is 3.59. The SMILES string of the molecule is COC(=O)C(NC(=O)COc1cc(C)ccc1C(C)C)C(C)C. The van der Waals surface area contributed by atoms with E-state index in [4.69, 9.17) is 9.47 Å². The van der Waals surface area contributed by atoms with Gasteiger partial charge in [-0.1, -0.05) is 39.8 Å². The molecule has 1 unspecified atom stereocenters.